The molecule has 0 aromatic rings. The summed E-state index contributed by atoms with van der Waals surface area (Å²) < 4.78 is 34.0. The number of thioether (sulfide) groups is 1. The molecule has 7 unspecified atom stereocenters. The van der Waals surface area contributed by atoms with Gasteiger partial charge in [-0.1, -0.05) is 12.8 Å². The maximum absolute atomic E-state index is 14.6. The first-order valence-corrected chi connectivity index (χ1v) is 10.1. The number of rotatable bonds is 2. The van der Waals surface area contributed by atoms with E-state index in [4.69, 9.17) is 4.74 Å². The smallest absolute Gasteiger partial charge is 0.343 e. The second kappa shape index (κ2) is 6.56. The van der Waals surface area contributed by atoms with Crippen molar-refractivity contribution >= 4 is 23.5 Å². The van der Waals surface area contributed by atoms with Crippen molar-refractivity contribution in [2.24, 2.45) is 5.92 Å². The molecule has 25 heavy (non-hydrogen) atoms. The highest BCUT2D eigenvalue weighted by Crippen LogP contribution is 2.51. The van der Waals surface area contributed by atoms with Crippen LogP contribution in [0.5, 0.6) is 0 Å². The highest BCUT2D eigenvalue weighted by Gasteiger charge is 2.58. The van der Waals surface area contributed by atoms with Crippen molar-refractivity contribution in [3.63, 3.8) is 0 Å². The lowest BCUT2D eigenvalue weighted by Gasteiger charge is -2.57. The Balaban J connectivity index is 1.75. The van der Waals surface area contributed by atoms with Gasteiger partial charge in [0, 0.05) is 23.4 Å². The van der Waals surface area contributed by atoms with Crippen LogP contribution in [-0.2, 0) is 14.3 Å². The Kier molecular flexibility index (Phi) is 4.54. The quantitative estimate of drug-likeness (QED) is 0.552. The van der Waals surface area contributed by atoms with E-state index in [1.54, 1.807) is 13.1 Å². The number of hydrogen-bond donors (Lipinski definition) is 0. The van der Waals surface area contributed by atoms with E-state index in [1.165, 1.54) is 11.8 Å². The number of carbonyl (C=O) groups is 2. The molecule has 2 aliphatic heterocycles. The molecule has 0 bridgehead atoms. The average Bonchev–Trinajstić information content (AvgIpc) is 2.61. The van der Waals surface area contributed by atoms with E-state index in [0.717, 1.165) is 25.7 Å². The van der Waals surface area contributed by atoms with Gasteiger partial charge in [-0.3, -0.25) is 4.79 Å². The number of hydrogen-bond acceptors (Lipinski definition) is 5. The van der Waals surface area contributed by atoms with Crippen molar-refractivity contribution in [3.8, 4) is 0 Å². The Morgan fingerprint density at radius 2 is 2.12 bits per heavy atom. The summed E-state index contributed by atoms with van der Waals surface area (Å²) in [5.41, 5.74) is 0.00239. The van der Waals surface area contributed by atoms with Gasteiger partial charge >= 0.3 is 5.97 Å². The minimum Gasteiger partial charge on any atom is -0.462 e. The molecule has 0 spiro atoms. The third-order valence-corrected chi connectivity index (χ3v) is 7.74. The minimum atomic E-state index is -1.65. The van der Waals surface area contributed by atoms with Crippen LogP contribution in [0.25, 0.3) is 0 Å². The van der Waals surface area contributed by atoms with E-state index in [9.17, 15) is 18.4 Å². The zero-order valence-electron chi connectivity index (χ0n) is 14.2. The highest BCUT2D eigenvalue weighted by atomic mass is 32.2. The monoisotopic (exact) mass is 371 g/mol. The van der Waals surface area contributed by atoms with E-state index in [1.807, 2.05) is 4.90 Å². The van der Waals surface area contributed by atoms with Crippen molar-refractivity contribution < 1.29 is 23.1 Å². The topological polar surface area (TPSA) is 46.6 Å². The van der Waals surface area contributed by atoms with E-state index in [0.29, 0.717) is 0 Å². The zero-order chi connectivity index (χ0) is 17.7. The van der Waals surface area contributed by atoms with Crippen molar-refractivity contribution in [1.82, 2.24) is 4.90 Å². The maximum Gasteiger partial charge on any atom is 0.343 e. The first-order valence-electron chi connectivity index (χ1n) is 9.17. The summed E-state index contributed by atoms with van der Waals surface area (Å²) in [7, 11) is 0. The van der Waals surface area contributed by atoms with Gasteiger partial charge in [-0.05, 0) is 26.2 Å². The third kappa shape index (κ3) is 2.69. The lowest BCUT2D eigenvalue weighted by molar-refractivity contribution is -0.142. The van der Waals surface area contributed by atoms with Crippen LogP contribution in [0.15, 0.2) is 11.8 Å². The standard InChI is InChI=1S/C18H23F2NO3S/c1-2-24-18(23)10-8-21-12-5-3-4-6-13(12)25-17-14(20)11(19)7-9(15(17)21)16(10)22/h8-9,11-15,17H,2-7H2,1H3. The molecule has 4 rings (SSSR count). The lowest BCUT2D eigenvalue weighted by atomic mass is 9.73. The molecule has 0 radical (unpaired) electrons. The second-order valence-electron chi connectivity index (χ2n) is 7.36. The predicted octanol–water partition coefficient (Wildman–Crippen LogP) is 2.81. The van der Waals surface area contributed by atoms with Crippen LogP contribution in [0.3, 0.4) is 0 Å². The number of ketones is 1. The van der Waals surface area contributed by atoms with Crippen LogP contribution in [0.1, 0.15) is 39.0 Å². The molecule has 4 nitrogen and oxygen atoms in total. The Morgan fingerprint density at radius 3 is 2.88 bits per heavy atom. The van der Waals surface area contributed by atoms with Crippen molar-refractivity contribution in [3.05, 3.63) is 11.8 Å². The molecule has 1 saturated heterocycles. The summed E-state index contributed by atoms with van der Waals surface area (Å²) in [6.45, 7) is 1.87. The normalized spacial score (nSPS) is 43.0. The molecule has 2 saturated carbocycles. The summed E-state index contributed by atoms with van der Waals surface area (Å²) in [6.07, 6.45) is 2.36. The van der Waals surface area contributed by atoms with Crippen LogP contribution < -0.4 is 0 Å². The number of Topliss-reactive ketones (excluding diaryl/α,β-unsaturated/α-hetero) is 1. The first-order chi connectivity index (χ1) is 12.0. The van der Waals surface area contributed by atoms with Gasteiger partial charge in [-0.25, -0.2) is 13.6 Å². The Bertz CT molecular complexity index is 613. The molecule has 2 aliphatic carbocycles. The highest BCUT2D eigenvalue weighted by molar-refractivity contribution is 8.00. The number of halogens is 2. The van der Waals surface area contributed by atoms with Gasteiger partial charge < -0.3 is 9.64 Å². The number of ether oxygens (including phenoxy) is 1. The summed E-state index contributed by atoms with van der Waals surface area (Å²) >= 11 is 1.54. The van der Waals surface area contributed by atoms with Gasteiger partial charge in [-0.2, -0.15) is 0 Å². The third-order valence-electron chi connectivity index (χ3n) is 5.99. The predicted molar refractivity (Wildman–Crippen MR) is 90.7 cm³/mol. The molecule has 0 aromatic heterocycles. The lowest BCUT2D eigenvalue weighted by Crippen LogP contribution is -2.67. The van der Waals surface area contributed by atoms with Crippen LogP contribution in [0, 0.1) is 5.92 Å². The van der Waals surface area contributed by atoms with Crippen LogP contribution >= 0.6 is 11.8 Å². The van der Waals surface area contributed by atoms with Gasteiger partial charge in [0.05, 0.1) is 17.9 Å². The molecule has 7 heteroatoms. The molecule has 7 atom stereocenters. The number of carbonyl (C=O) groups excluding carboxylic acids is 2. The number of nitrogens with zero attached hydrogens (tertiary/aromatic N) is 1. The molecule has 138 valence electrons. The molecule has 0 aromatic carbocycles. The summed E-state index contributed by atoms with van der Waals surface area (Å²) in [5.74, 6) is -1.69. The molecular formula is C18H23F2NO3S. The Labute approximate surface area is 150 Å². The van der Waals surface area contributed by atoms with Crippen molar-refractivity contribution in [1.29, 1.82) is 0 Å². The molecule has 4 aliphatic rings. The van der Waals surface area contributed by atoms with Crippen LogP contribution in [0.2, 0.25) is 0 Å². The number of fused-ring (bicyclic) bond motifs is 2. The van der Waals surface area contributed by atoms with Gasteiger partial charge in [0.2, 0.25) is 0 Å². The Hall–Kier alpha value is -1.11. The number of esters is 1. The summed E-state index contributed by atoms with van der Waals surface area (Å²) in [4.78, 5) is 27.1. The van der Waals surface area contributed by atoms with E-state index in [-0.39, 0.29) is 41.7 Å². The van der Waals surface area contributed by atoms with Gasteiger partial charge in [-0.15, -0.1) is 11.8 Å². The molecular weight excluding hydrogens is 348 g/mol. The van der Waals surface area contributed by atoms with Gasteiger partial charge in [0.1, 0.15) is 17.9 Å². The Morgan fingerprint density at radius 1 is 1.36 bits per heavy atom. The molecule has 3 fully saturated rings. The SMILES string of the molecule is CCOC(=O)C1=CN2C3CCCCC3SC3C(F)C(F)CC(C1=O)C32. The van der Waals surface area contributed by atoms with Crippen LogP contribution in [0.4, 0.5) is 8.78 Å². The summed E-state index contributed by atoms with van der Waals surface area (Å²) in [5, 5.41) is -0.316. The fourth-order valence-electron chi connectivity index (χ4n) is 4.89. The molecule has 0 amide bonds. The average molecular weight is 371 g/mol. The fraction of sp³-hybridized carbons (Fsp3) is 0.778. The van der Waals surface area contributed by atoms with E-state index in [2.05, 4.69) is 0 Å². The summed E-state index contributed by atoms with van der Waals surface area (Å²) in [6, 6.07) is -0.166. The van der Waals surface area contributed by atoms with Crippen molar-refractivity contribution in [2.45, 2.75) is 74.0 Å². The molecule has 2 heterocycles. The van der Waals surface area contributed by atoms with Gasteiger partial charge in [0.25, 0.3) is 0 Å². The second-order valence-corrected chi connectivity index (χ2v) is 8.78. The fourth-order valence-corrected chi connectivity index (χ4v) is 6.86. The van der Waals surface area contributed by atoms with E-state index >= 15 is 0 Å². The van der Waals surface area contributed by atoms with E-state index < -0.39 is 29.5 Å². The van der Waals surface area contributed by atoms with Crippen LogP contribution in [-0.4, -0.2) is 58.2 Å². The first kappa shape index (κ1) is 17.3. The largest absolute Gasteiger partial charge is 0.462 e. The maximum atomic E-state index is 14.6. The molecule has 0 N–H and O–H groups in total. The van der Waals surface area contributed by atoms with Gasteiger partial charge in [0.15, 0.2) is 5.78 Å². The minimum absolute atomic E-state index is 0.00239. The van der Waals surface area contributed by atoms with Crippen molar-refractivity contribution in [2.75, 3.05) is 6.61 Å². The zero-order valence-corrected chi connectivity index (χ0v) is 15.0. The number of alkyl halides is 2.